The summed E-state index contributed by atoms with van der Waals surface area (Å²) in [5.41, 5.74) is 7.83. The fourth-order valence-electron chi connectivity index (χ4n) is 2.27. The predicted molar refractivity (Wildman–Crippen MR) is 96.7 cm³/mol. The first kappa shape index (κ1) is 20.9. The van der Waals surface area contributed by atoms with Crippen LogP contribution in [0.2, 0.25) is 0 Å². The molecule has 1 amide bonds. The maximum absolute atomic E-state index is 12.1. The third-order valence-corrected chi connectivity index (χ3v) is 3.50. The molecule has 0 radical (unpaired) electrons. The smallest absolute Gasteiger partial charge is 0.238 e. The molecule has 0 saturated heterocycles. The Balaban J connectivity index is 0.00000441. The van der Waals surface area contributed by atoms with Crippen LogP contribution >= 0.6 is 12.4 Å². The molecule has 4 nitrogen and oxygen atoms in total. The minimum Gasteiger partial charge on any atom is -0.330 e. The van der Waals surface area contributed by atoms with Gasteiger partial charge in [0.05, 0.1) is 6.54 Å². The van der Waals surface area contributed by atoms with E-state index in [9.17, 15) is 4.79 Å². The SMILES string of the molecule is CC(C)c1cccc(NC(=O)CN(C)CC(C)(C)CN)c1.Cl. The van der Waals surface area contributed by atoms with Crippen molar-refractivity contribution in [1.29, 1.82) is 0 Å². The summed E-state index contributed by atoms with van der Waals surface area (Å²) in [5.74, 6) is 0.459. The molecule has 126 valence electrons. The van der Waals surface area contributed by atoms with Crippen LogP contribution in [0.15, 0.2) is 24.3 Å². The van der Waals surface area contributed by atoms with Crippen molar-refractivity contribution < 1.29 is 4.79 Å². The van der Waals surface area contributed by atoms with Gasteiger partial charge in [-0.25, -0.2) is 0 Å². The lowest BCUT2D eigenvalue weighted by molar-refractivity contribution is -0.117. The topological polar surface area (TPSA) is 58.4 Å². The number of nitrogens with zero attached hydrogens (tertiary/aromatic N) is 1. The van der Waals surface area contributed by atoms with Gasteiger partial charge in [0.2, 0.25) is 5.91 Å². The van der Waals surface area contributed by atoms with E-state index in [4.69, 9.17) is 5.73 Å². The molecule has 0 spiro atoms. The molecule has 0 fully saturated rings. The molecule has 0 saturated carbocycles. The van der Waals surface area contributed by atoms with E-state index in [2.05, 4.69) is 39.1 Å². The van der Waals surface area contributed by atoms with Crippen molar-refractivity contribution in [3.63, 3.8) is 0 Å². The molecule has 1 aromatic rings. The third-order valence-electron chi connectivity index (χ3n) is 3.50. The molecule has 0 unspecified atom stereocenters. The molecule has 0 aromatic heterocycles. The fraction of sp³-hybridized carbons (Fsp3) is 0.588. The number of amides is 1. The largest absolute Gasteiger partial charge is 0.330 e. The molecular weight excluding hydrogens is 298 g/mol. The molecule has 1 rings (SSSR count). The minimum atomic E-state index is 0. The van der Waals surface area contributed by atoms with E-state index >= 15 is 0 Å². The molecule has 0 atom stereocenters. The quantitative estimate of drug-likeness (QED) is 0.809. The van der Waals surface area contributed by atoms with Gasteiger partial charge in [-0.2, -0.15) is 0 Å². The van der Waals surface area contributed by atoms with E-state index in [-0.39, 0.29) is 23.7 Å². The highest BCUT2D eigenvalue weighted by Gasteiger charge is 2.19. The number of anilines is 1. The monoisotopic (exact) mass is 327 g/mol. The average Bonchev–Trinajstić information content (AvgIpc) is 2.37. The Morgan fingerprint density at radius 2 is 2.00 bits per heavy atom. The van der Waals surface area contributed by atoms with E-state index in [0.717, 1.165) is 12.2 Å². The summed E-state index contributed by atoms with van der Waals surface area (Å²) in [4.78, 5) is 14.1. The maximum atomic E-state index is 12.1. The summed E-state index contributed by atoms with van der Waals surface area (Å²) in [5, 5.41) is 2.96. The molecule has 0 heterocycles. The van der Waals surface area contributed by atoms with Gasteiger partial charge in [0.1, 0.15) is 0 Å². The van der Waals surface area contributed by atoms with Crippen molar-refractivity contribution in [1.82, 2.24) is 4.90 Å². The van der Waals surface area contributed by atoms with Crippen LogP contribution in [0.1, 0.15) is 39.2 Å². The second kappa shape index (κ2) is 9.13. The van der Waals surface area contributed by atoms with Crippen LogP contribution in [0.3, 0.4) is 0 Å². The molecular formula is C17H30ClN3O. The van der Waals surface area contributed by atoms with Crippen LogP contribution < -0.4 is 11.1 Å². The van der Waals surface area contributed by atoms with Gasteiger partial charge < -0.3 is 11.1 Å². The Hall–Kier alpha value is -1.10. The lowest BCUT2D eigenvalue weighted by atomic mass is 9.93. The molecule has 0 bridgehead atoms. The Morgan fingerprint density at radius 1 is 1.36 bits per heavy atom. The summed E-state index contributed by atoms with van der Waals surface area (Å²) in [6, 6.07) is 8.02. The lowest BCUT2D eigenvalue weighted by Gasteiger charge is -2.28. The summed E-state index contributed by atoms with van der Waals surface area (Å²) < 4.78 is 0. The highest BCUT2D eigenvalue weighted by molar-refractivity contribution is 5.92. The van der Waals surface area contributed by atoms with Crippen LogP contribution in [-0.2, 0) is 4.79 Å². The normalized spacial score (nSPS) is 11.5. The molecule has 22 heavy (non-hydrogen) atoms. The van der Waals surface area contributed by atoms with E-state index in [1.165, 1.54) is 5.56 Å². The lowest BCUT2D eigenvalue weighted by Crippen LogP contribution is -2.40. The second-order valence-corrected chi connectivity index (χ2v) is 6.87. The number of hydrogen-bond donors (Lipinski definition) is 2. The Kier molecular flexibility index (Phi) is 8.68. The fourth-order valence-corrected chi connectivity index (χ4v) is 2.27. The number of carbonyl (C=O) groups excluding carboxylic acids is 1. The number of nitrogens with two attached hydrogens (primary N) is 1. The summed E-state index contributed by atoms with van der Waals surface area (Å²) in [6.45, 7) is 10.3. The van der Waals surface area contributed by atoms with Crippen LogP contribution in [0.4, 0.5) is 5.69 Å². The van der Waals surface area contributed by atoms with Gasteiger partial charge >= 0.3 is 0 Å². The highest BCUT2D eigenvalue weighted by atomic mass is 35.5. The molecule has 3 N–H and O–H groups in total. The van der Waals surface area contributed by atoms with Crippen molar-refractivity contribution in [2.24, 2.45) is 11.1 Å². The van der Waals surface area contributed by atoms with Gasteiger partial charge in [-0.3, -0.25) is 9.69 Å². The maximum Gasteiger partial charge on any atom is 0.238 e. The standard InChI is InChI=1S/C17H29N3O.ClH/c1-13(2)14-7-6-8-15(9-14)19-16(21)10-20(5)12-17(3,4)11-18;/h6-9,13H,10-12,18H2,1-5H3,(H,19,21);1H. The number of rotatable bonds is 7. The Bertz CT molecular complexity index is 475. The predicted octanol–water partition coefficient (Wildman–Crippen LogP) is 3.09. The first-order valence-corrected chi connectivity index (χ1v) is 7.52. The van der Waals surface area contributed by atoms with E-state index in [1.807, 2.05) is 30.1 Å². The number of hydrogen-bond acceptors (Lipinski definition) is 3. The molecule has 1 aromatic carbocycles. The number of nitrogens with one attached hydrogen (secondary N) is 1. The van der Waals surface area contributed by atoms with Crippen molar-refractivity contribution >= 4 is 24.0 Å². The number of benzene rings is 1. The van der Waals surface area contributed by atoms with Gasteiger partial charge in [-0.05, 0) is 42.6 Å². The van der Waals surface area contributed by atoms with Gasteiger partial charge in [0.15, 0.2) is 0 Å². The summed E-state index contributed by atoms with van der Waals surface area (Å²) in [7, 11) is 1.95. The number of likely N-dealkylation sites (N-methyl/N-ethyl adjacent to an activating group) is 1. The highest BCUT2D eigenvalue weighted by Crippen LogP contribution is 2.18. The van der Waals surface area contributed by atoms with E-state index in [1.54, 1.807) is 0 Å². The van der Waals surface area contributed by atoms with Crippen LogP contribution in [-0.4, -0.2) is 37.5 Å². The zero-order chi connectivity index (χ0) is 16.0. The van der Waals surface area contributed by atoms with Crippen molar-refractivity contribution in [3.05, 3.63) is 29.8 Å². The molecule has 5 heteroatoms. The molecule has 0 aliphatic carbocycles. The minimum absolute atomic E-state index is 0. The average molecular weight is 328 g/mol. The van der Waals surface area contributed by atoms with E-state index < -0.39 is 0 Å². The first-order chi connectivity index (χ1) is 9.73. The summed E-state index contributed by atoms with van der Waals surface area (Å²) >= 11 is 0. The van der Waals surface area contributed by atoms with Crippen molar-refractivity contribution in [2.45, 2.75) is 33.6 Å². The van der Waals surface area contributed by atoms with Gasteiger partial charge in [0.25, 0.3) is 0 Å². The zero-order valence-electron chi connectivity index (χ0n) is 14.3. The third kappa shape index (κ3) is 7.25. The summed E-state index contributed by atoms with van der Waals surface area (Å²) in [6.07, 6.45) is 0. The van der Waals surface area contributed by atoms with Crippen LogP contribution in [0, 0.1) is 5.41 Å². The number of halogens is 1. The van der Waals surface area contributed by atoms with Crippen molar-refractivity contribution in [2.75, 3.05) is 32.0 Å². The van der Waals surface area contributed by atoms with Crippen LogP contribution in [0.5, 0.6) is 0 Å². The van der Waals surface area contributed by atoms with Gasteiger partial charge in [0, 0.05) is 12.2 Å². The van der Waals surface area contributed by atoms with E-state index in [0.29, 0.717) is 19.0 Å². The van der Waals surface area contributed by atoms with Crippen LogP contribution in [0.25, 0.3) is 0 Å². The van der Waals surface area contributed by atoms with Crippen molar-refractivity contribution in [3.8, 4) is 0 Å². The first-order valence-electron chi connectivity index (χ1n) is 7.52. The number of carbonyl (C=O) groups is 1. The van der Waals surface area contributed by atoms with Gasteiger partial charge in [-0.1, -0.05) is 39.8 Å². The second-order valence-electron chi connectivity index (χ2n) is 6.87. The molecule has 0 aliphatic rings. The van der Waals surface area contributed by atoms with Gasteiger partial charge in [-0.15, -0.1) is 12.4 Å². The zero-order valence-corrected chi connectivity index (χ0v) is 15.2. The Labute approximate surface area is 140 Å². The Morgan fingerprint density at radius 3 is 2.55 bits per heavy atom. The molecule has 0 aliphatic heterocycles.